The van der Waals surface area contributed by atoms with Crippen LogP contribution < -0.4 is 5.32 Å². The lowest BCUT2D eigenvalue weighted by Gasteiger charge is -2.06. The summed E-state index contributed by atoms with van der Waals surface area (Å²) in [6, 6.07) is 7.12. The first kappa shape index (κ1) is 17.1. The van der Waals surface area contributed by atoms with Crippen LogP contribution in [0, 0.1) is 12.7 Å². The fourth-order valence-electron chi connectivity index (χ4n) is 2.54. The van der Waals surface area contributed by atoms with Gasteiger partial charge >= 0.3 is 0 Å². The molecule has 0 aliphatic heterocycles. The second-order valence-electron chi connectivity index (χ2n) is 5.71. The number of carbonyl (C=O) groups excluding carboxylic acids is 1. The minimum absolute atomic E-state index is 0.0399. The van der Waals surface area contributed by atoms with Crippen LogP contribution in [0.5, 0.6) is 0 Å². The molecule has 27 heavy (non-hydrogen) atoms. The molecule has 10 heteroatoms. The Balaban J connectivity index is 1.53. The van der Waals surface area contributed by atoms with E-state index in [0.717, 1.165) is 6.07 Å². The molecule has 3 aromatic heterocycles. The van der Waals surface area contributed by atoms with Gasteiger partial charge in [0, 0.05) is 11.8 Å². The molecule has 1 N–H and O–H groups in total. The molecule has 3 heterocycles. The number of fused-ring (bicyclic) bond motifs is 1. The standard InChI is InChI=1S/C17H12ClFN6O2/c1-9-21-17(27-24-9)10-4-5-25-14(6-10)22-23-15(25)8-20-16(26)12-3-2-11(19)7-13(12)18/h2-7H,8H2,1H3,(H,20,26). The zero-order valence-electron chi connectivity index (χ0n) is 14.0. The predicted octanol–water partition coefficient (Wildman–Crippen LogP) is 2.81. The minimum atomic E-state index is -0.507. The number of amides is 1. The molecule has 0 unspecified atom stereocenters. The third-order valence-corrected chi connectivity index (χ3v) is 4.15. The molecule has 0 aliphatic rings. The van der Waals surface area contributed by atoms with E-state index in [-0.39, 0.29) is 17.1 Å². The van der Waals surface area contributed by atoms with E-state index < -0.39 is 11.7 Å². The van der Waals surface area contributed by atoms with Gasteiger partial charge in [-0.2, -0.15) is 4.98 Å². The topological polar surface area (TPSA) is 98.2 Å². The molecule has 8 nitrogen and oxygen atoms in total. The van der Waals surface area contributed by atoms with Crippen molar-refractivity contribution < 1.29 is 13.7 Å². The number of rotatable bonds is 4. The molecule has 0 saturated carbocycles. The van der Waals surface area contributed by atoms with E-state index in [9.17, 15) is 9.18 Å². The van der Waals surface area contributed by atoms with Crippen molar-refractivity contribution in [3.63, 3.8) is 0 Å². The van der Waals surface area contributed by atoms with Gasteiger partial charge in [-0.05, 0) is 37.3 Å². The zero-order chi connectivity index (χ0) is 19.0. The van der Waals surface area contributed by atoms with Gasteiger partial charge in [-0.25, -0.2) is 4.39 Å². The number of benzene rings is 1. The van der Waals surface area contributed by atoms with Crippen molar-refractivity contribution in [2.45, 2.75) is 13.5 Å². The molecule has 0 aliphatic carbocycles. The Morgan fingerprint density at radius 2 is 2.15 bits per heavy atom. The molecule has 0 atom stereocenters. The number of hydrogen-bond donors (Lipinski definition) is 1. The summed E-state index contributed by atoms with van der Waals surface area (Å²) in [4.78, 5) is 16.4. The summed E-state index contributed by atoms with van der Waals surface area (Å²) >= 11 is 5.90. The predicted molar refractivity (Wildman–Crippen MR) is 93.6 cm³/mol. The lowest BCUT2D eigenvalue weighted by molar-refractivity contribution is 0.0950. The molecule has 0 spiro atoms. The van der Waals surface area contributed by atoms with Crippen molar-refractivity contribution in [2.75, 3.05) is 0 Å². The van der Waals surface area contributed by atoms with Gasteiger partial charge in [0.05, 0.1) is 17.1 Å². The Labute approximate surface area is 157 Å². The van der Waals surface area contributed by atoms with Crippen molar-refractivity contribution in [2.24, 2.45) is 0 Å². The summed E-state index contributed by atoms with van der Waals surface area (Å²) in [6.45, 7) is 1.85. The van der Waals surface area contributed by atoms with Crippen LogP contribution in [0.3, 0.4) is 0 Å². The summed E-state index contributed by atoms with van der Waals surface area (Å²) in [5.41, 5.74) is 1.46. The Kier molecular flexibility index (Phi) is 4.28. The second-order valence-corrected chi connectivity index (χ2v) is 6.12. The summed E-state index contributed by atoms with van der Waals surface area (Å²) in [7, 11) is 0. The monoisotopic (exact) mass is 386 g/mol. The average molecular weight is 387 g/mol. The van der Waals surface area contributed by atoms with Crippen LogP contribution in [0.15, 0.2) is 41.1 Å². The maximum Gasteiger partial charge on any atom is 0.258 e. The second kappa shape index (κ2) is 6.76. The first-order chi connectivity index (χ1) is 13.0. The number of aromatic nitrogens is 5. The number of nitrogens with one attached hydrogen (secondary N) is 1. The normalized spacial score (nSPS) is 11.1. The van der Waals surface area contributed by atoms with Gasteiger partial charge in [-0.1, -0.05) is 16.8 Å². The number of pyridine rings is 1. The lowest BCUT2D eigenvalue weighted by atomic mass is 10.2. The van der Waals surface area contributed by atoms with E-state index in [2.05, 4.69) is 25.7 Å². The number of nitrogens with zero attached hydrogens (tertiary/aromatic N) is 5. The number of halogens is 2. The fraction of sp³-hybridized carbons (Fsp3) is 0.118. The van der Waals surface area contributed by atoms with Gasteiger partial charge in [-0.3, -0.25) is 9.20 Å². The summed E-state index contributed by atoms with van der Waals surface area (Å²) in [5, 5.41) is 14.7. The third-order valence-electron chi connectivity index (χ3n) is 3.84. The smallest absolute Gasteiger partial charge is 0.258 e. The third kappa shape index (κ3) is 3.36. The van der Waals surface area contributed by atoms with Crippen LogP contribution >= 0.6 is 11.6 Å². The first-order valence-corrected chi connectivity index (χ1v) is 8.26. The van der Waals surface area contributed by atoms with Crippen molar-refractivity contribution >= 4 is 23.2 Å². The summed E-state index contributed by atoms with van der Waals surface area (Å²) in [6.07, 6.45) is 1.75. The maximum absolute atomic E-state index is 13.1. The lowest BCUT2D eigenvalue weighted by Crippen LogP contribution is -2.24. The van der Waals surface area contributed by atoms with Crippen LogP contribution in [-0.4, -0.2) is 30.6 Å². The van der Waals surface area contributed by atoms with Crippen molar-refractivity contribution in [1.29, 1.82) is 0 Å². The number of aryl methyl sites for hydroxylation is 1. The zero-order valence-corrected chi connectivity index (χ0v) is 14.7. The van der Waals surface area contributed by atoms with Gasteiger partial charge in [0.1, 0.15) is 5.82 Å². The van der Waals surface area contributed by atoms with Gasteiger partial charge < -0.3 is 9.84 Å². The van der Waals surface area contributed by atoms with Gasteiger partial charge in [0.2, 0.25) is 0 Å². The molecule has 4 rings (SSSR count). The Hall–Kier alpha value is -3.33. The highest BCUT2D eigenvalue weighted by Crippen LogP contribution is 2.19. The largest absolute Gasteiger partial charge is 0.345 e. The summed E-state index contributed by atoms with van der Waals surface area (Å²) in [5.74, 6) is 0.500. The summed E-state index contributed by atoms with van der Waals surface area (Å²) < 4.78 is 20.0. The highest BCUT2D eigenvalue weighted by atomic mass is 35.5. The van der Waals surface area contributed by atoms with Crippen LogP contribution in [0.4, 0.5) is 4.39 Å². The SMILES string of the molecule is Cc1noc(-c2ccn3c(CNC(=O)c4ccc(F)cc4Cl)nnc3c2)n1. The molecule has 0 radical (unpaired) electrons. The molecular weight excluding hydrogens is 375 g/mol. The van der Waals surface area contributed by atoms with E-state index in [4.69, 9.17) is 16.1 Å². The molecule has 136 valence electrons. The average Bonchev–Trinajstić information content (AvgIpc) is 3.25. The molecule has 0 saturated heterocycles. The Morgan fingerprint density at radius 3 is 2.89 bits per heavy atom. The molecule has 1 amide bonds. The Bertz CT molecular complexity index is 1160. The van der Waals surface area contributed by atoms with Crippen LogP contribution in [0.2, 0.25) is 5.02 Å². The van der Waals surface area contributed by atoms with E-state index >= 15 is 0 Å². The van der Waals surface area contributed by atoms with E-state index in [1.165, 1.54) is 12.1 Å². The van der Waals surface area contributed by atoms with Gasteiger partial charge in [0.15, 0.2) is 17.3 Å². The highest BCUT2D eigenvalue weighted by Gasteiger charge is 2.14. The van der Waals surface area contributed by atoms with Crippen LogP contribution in [0.25, 0.3) is 17.1 Å². The van der Waals surface area contributed by atoms with Crippen molar-refractivity contribution in [3.05, 3.63) is 64.6 Å². The van der Waals surface area contributed by atoms with Crippen molar-refractivity contribution in [3.8, 4) is 11.5 Å². The van der Waals surface area contributed by atoms with Crippen molar-refractivity contribution in [1.82, 2.24) is 30.1 Å². The van der Waals surface area contributed by atoms with Gasteiger partial charge in [-0.15, -0.1) is 10.2 Å². The quantitative estimate of drug-likeness (QED) is 0.579. The number of hydrogen-bond acceptors (Lipinski definition) is 6. The fourth-order valence-corrected chi connectivity index (χ4v) is 2.79. The minimum Gasteiger partial charge on any atom is -0.345 e. The molecule has 0 bridgehead atoms. The molecule has 1 aromatic carbocycles. The number of carbonyl (C=O) groups is 1. The molecule has 4 aromatic rings. The van der Waals surface area contributed by atoms with Crippen LogP contribution in [-0.2, 0) is 6.54 Å². The van der Waals surface area contributed by atoms with E-state index in [0.29, 0.717) is 28.8 Å². The maximum atomic E-state index is 13.1. The van der Waals surface area contributed by atoms with E-state index in [1.807, 2.05) is 0 Å². The highest BCUT2D eigenvalue weighted by molar-refractivity contribution is 6.33. The molecule has 0 fully saturated rings. The van der Waals surface area contributed by atoms with Gasteiger partial charge in [0.25, 0.3) is 11.8 Å². The van der Waals surface area contributed by atoms with E-state index in [1.54, 1.807) is 29.7 Å². The Morgan fingerprint density at radius 1 is 1.30 bits per heavy atom. The molecular formula is C17H12ClFN6O2. The first-order valence-electron chi connectivity index (χ1n) is 7.89. The van der Waals surface area contributed by atoms with Crippen LogP contribution in [0.1, 0.15) is 22.0 Å².